The van der Waals surface area contributed by atoms with Gasteiger partial charge in [-0.05, 0) is 29.8 Å². The summed E-state index contributed by atoms with van der Waals surface area (Å²) in [4.78, 5) is 33.5. The Bertz CT molecular complexity index is 1180. The van der Waals surface area contributed by atoms with Gasteiger partial charge in [0.2, 0.25) is 0 Å². The smallest absolute Gasteiger partial charge is 0.294 e. The average molecular weight is 409 g/mol. The van der Waals surface area contributed by atoms with Gasteiger partial charge in [-0.15, -0.1) is 11.3 Å². The molecular formula is C20H16FN5O2S. The van der Waals surface area contributed by atoms with Crippen molar-refractivity contribution in [3.8, 4) is 5.82 Å². The van der Waals surface area contributed by atoms with E-state index in [-0.39, 0.29) is 18.1 Å². The Morgan fingerprint density at radius 2 is 1.93 bits per heavy atom. The molecule has 3 heterocycles. The van der Waals surface area contributed by atoms with Crippen LogP contribution in [0.1, 0.15) is 27.3 Å². The molecule has 0 aliphatic heterocycles. The van der Waals surface area contributed by atoms with Crippen molar-refractivity contribution in [2.75, 3.05) is 0 Å². The number of halogens is 1. The van der Waals surface area contributed by atoms with Gasteiger partial charge in [0.25, 0.3) is 0 Å². The summed E-state index contributed by atoms with van der Waals surface area (Å²) in [6.45, 7) is 0.207. The molecule has 0 N–H and O–H groups in total. The van der Waals surface area contributed by atoms with E-state index < -0.39 is 5.69 Å². The van der Waals surface area contributed by atoms with Gasteiger partial charge in [0.05, 0.1) is 11.6 Å². The Balaban J connectivity index is 1.52. The fourth-order valence-corrected chi connectivity index (χ4v) is 3.45. The van der Waals surface area contributed by atoms with E-state index in [1.807, 2.05) is 5.38 Å². The van der Waals surface area contributed by atoms with Crippen LogP contribution >= 0.6 is 11.3 Å². The zero-order chi connectivity index (χ0) is 20.2. The number of pyridine rings is 1. The number of benzene rings is 1. The fraction of sp³-hybridized carbons (Fsp3) is 0.150. The lowest BCUT2D eigenvalue weighted by molar-refractivity contribution is 0.0982. The SMILES string of the molecule is O=C(CCc1nccs1)c1ccnc(-n2cnn(Cc3ccc(F)cc3)c2=O)c1. The molecule has 3 aromatic heterocycles. The van der Waals surface area contributed by atoms with Crippen molar-refractivity contribution in [3.63, 3.8) is 0 Å². The van der Waals surface area contributed by atoms with Crippen LogP contribution in [0.25, 0.3) is 5.82 Å². The summed E-state index contributed by atoms with van der Waals surface area (Å²) in [6.07, 6.45) is 5.47. The molecule has 0 saturated carbocycles. The molecule has 0 amide bonds. The van der Waals surface area contributed by atoms with Gasteiger partial charge in [0.1, 0.15) is 18.0 Å². The molecule has 29 heavy (non-hydrogen) atoms. The molecule has 0 bridgehead atoms. The number of rotatable bonds is 7. The van der Waals surface area contributed by atoms with Crippen LogP contribution < -0.4 is 5.69 Å². The number of nitrogens with zero attached hydrogens (tertiary/aromatic N) is 5. The molecule has 4 aromatic rings. The summed E-state index contributed by atoms with van der Waals surface area (Å²) in [5, 5.41) is 6.88. The topological polar surface area (TPSA) is 82.7 Å². The Morgan fingerprint density at radius 3 is 2.69 bits per heavy atom. The molecule has 0 aliphatic rings. The number of carbonyl (C=O) groups excluding carboxylic acids is 1. The second kappa shape index (κ2) is 8.27. The van der Waals surface area contributed by atoms with Crippen molar-refractivity contribution in [2.24, 2.45) is 0 Å². The van der Waals surface area contributed by atoms with Gasteiger partial charge in [0, 0.05) is 36.2 Å². The van der Waals surface area contributed by atoms with Crippen LogP contribution in [-0.4, -0.2) is 30.1 Å². The minimum atomic E-state index is -0.394. The lowest BCUT2D eigenvalue weighted by atomic mass is 10.1. The van der Waals surface area contributed by atoms with Gasteiger partial charge in [-0.3, -0.25) is 4.79 Å². The molecule has 0 aliphatic carbocycles. The van der Waals surface area contributed by atoms with Crippen molar-refractivity contribution < 1.29 is 9.18 Å². The quantitative estimate of drug-likeness (QED) is 0.438. The average Bonchev–Trinajstić information content (AvgIpc) is 3.38. The normalized spacial score (nSPS) is 10.9. The highest BCUT2D eigenvalue weighted by Crippen LogP contribution is 2.12. The lowest BCUT2D eigenvalue weighted by Gasteiger charge is -2.04. The molecule has 0 atom stereocenters. The first-order valence-corrected chi connectivity index (χ1v) is 9.75. The monoisotopic (exact) mass is 409 g/mol. The number of thiazole rings is 1. The van der Waals surface area contributed by atoms with E-state index in [2.05, 4.69) is 15.1 Å². The van der Waals surface area contributed by atoms with Crippen LogP contribution in [0, 0.1) is 5.82 Å². The number of aryl methyl sites for hydroxylation is 1. The Kier molecular flexibility index (Phi) is 5.39. The van der Waals surface area contributed by atoms with Gasteiger partial charge in [-0.2, -0.15) is 5.10 Å². The maximum Gasteiger partial charge on any atom is 0.351 e. The molecule has 0 radical (unpaired) electrons. The highest BCUT2D eigenvalue weighted by molar-refractivity contribution is 7.09. The van der Waals surface area contributed by atoms with Crippen LogP contribution in [-0.2, 0) is 13.0 Å². The second-order valence-corrected chi connectivity index (χ2v) is 7.30. The first kappa shape index (κ1) is 18.9. The second-order valence-electron chi connectivity index (χ2n) is 6.32. The number of hydrogen-bond acceptors (Lipinski definition) is 6. The molecule has 7 nitrogen and oxygen atoms in total. The predicted octanol–water partition coefficient (Wildman–Crippen LogP) is 2.89. The molecule has 0 saturated heterocycles. The van der Waals surface area contributed by atoms with Crippen LogP contribution in [0.4, 0.5) is 4.39 Å². The van der Waals surface area contributed by atoms with Crippen molar-refractivity contribution in [2.45, 2.75) is 19.4 Å². The molecule has 0 spiro atoms. The molecule has 0 fully saturated rings. The lowest BCUT2D eigenvalue weighted by Crippen LogP contribution is -2.25. The summed E-state index contributed by atoms with van der Waals surface area (Å²) < 4.78 is 15.6. The standard InChI is InChI=1S/C20H16FN5O2S/c21-16-3-1-14(2-4-16)12-26-20(28)25(13-24-26)18-11-15(7-8-22-18)17(27)5-6-19-23-9-10-29-19/h1-4,7-11,13H,5-6,12H2. The predicted molar refractivity (Wildman–Crippen MR) is 106 cm³/mol. The van der Waals surface area contributed by atoms with E-state index in [4.69, 9.17) is 0 Å². The first-order chi connectivity index (χ1) is 14.1. The molecule has 0 unspecified atom stereocenters. The van der Waals surface area contributed by atoms with Gasteiger partial charge < -0.3 is 0 Å². The van der Waals surface area contributed by atoms with Crippen LogP contribution in [0.5, 0.6) is 0 Å². The minimum absolute atomic E-state index is 0.0457. The molecular weight excluding hydrogens is 393 g/mol. The van der Waals surface area contributed by atoms with Crippen molar-refractivity contribution >= 4 is 17.1 Å². The van der Waals surface area contributed by atoms with Crippen LogP contribution in [0.3, 0.4) is 0 Å². The zero-order valence-corrected chi connectivity index (χ0v) is 16.1. The highest BCUT2D eigenvalue weighted by Gasteiger charge is 2.12. The van der Waals surface area contributed by atoms with E-state index in [0.29, 0.717) is 24.2 Å². The Labute approximate surface area is 169 Å². The number of Topliss-reactive ketones (excluding diaryl/α,β-unsaturated/α-hetero) is 1. The van der Waals surface area contributed by atoms with E-state index in [1.54, 1.807) is 30.5 Å². The summed E-state index contributed by atoms with van der Waals surface area (Å²) in [5.41, 5.74) is 0.830. The van der Waals surface area contributed by atoms with E-state index in [1.165, 1.54) is 45.2 Å². The van der Waals surface area contributed by atoms with E-state index in [9.17, 15) is 14.0 Å². The van der Waals surface area contributed by atoms with Gasteiger partial charge in [-0.25, -0.2) is 28.4 Å². The largest absolute Gasteiger partial charge is 0.351 e. The molecule has 4 rings (SSSR count). The molecule has 1 aromatic carbocycles. The summed E-state index contributed by atoms with van der Waals surface area (Å²) in [7, 11) is 0. The van der Waals surface area contributed by atoms with E-state index >= 15 is 0 Å². The first-order valence-electron chi connectivity index (χ1n) is 8.87. The third-order valence-corrected chi connectivity index (χ3v) is 5.18. The third-order valence-electron chi connectivity index (χ3n) is 4.34. The van der Waals surface area contributed by atoms with Crippen molar-refractivity contribution in [1.82, 2.24) is 24.3 Å². The Hall–Kier alpha value is -3.46. The van der Waals surface area contributed by atoms with Crippen molar-refractivity contribution in [3.05, 3.63) is 92.9 Å². The third kappa shape index (κ3) is 4.35. The number of carbonyl (C=O) groups is 1. The minimum Gasteiger partial charge on any atom is -0.294 e. The van der Waals surface area contributed by atoms with Crippen molar-refractivity contribution in [1.29, 1.82) is 0 Å². The maximum atomic E-state index is 13.0. The number of ketones is 1. The van der Waals surface area contributed by atoms with E-state index in [0.717, 1.165) is 10.6 Å². The zero-order valence-electron chi connectivity index (χ0n) is 15.2. The molecule has 146 valence electrons. The van der Waals surface area contributed by atoms with Crippen LogP contribution in [0.15, 0.2) is 65.3 Å². The number of aromatic nitrogens is 5. The Morgan fingerprint density at radius 1 is 1.10 bits per heavy atom. The summed E-state index contributed by atoms with van der Waals surface area (Å²) in [5.74, 6) is -0.0665. The molecule has 9 heteroatoms. The maximum absolute atomic E-state index is 13.0. The number of hydrogen-bond donors (Lipinski definition) is 0. The van der Waals surface area contributed by atoms with Gasteiger partial charge in [-0.1, -0.05) is 12.1 Å². The highest BCUT2D eigenvalue weighted by atomic mass is 32.1. The fourth-order valence-electron chi connectivity index (χ4n) is 2.83. The van der Waals surface area contributed by atoms with Gasteiger partial charge >= 0.3 is 5.69 Å². The van der Waals surface area contributed by atoms with Gasteiger partial charge in [0.15, 0.2) is 5.78 Å². The van der Waals surface area contributed by atoms with Crippen LogP contribution in [0.2, 0.25) is 0 Å². The summed E-state index contributed by atoms with van der Waals surface area (Å²) >= 11 is 1.51. The summed E-state index contributed by atoms with van der Waals surface area (Å²) in [6, 6.07) is 9.07.